The Morgan fingerprint density at radius 3 is 2.32 bits per heavy atom. The number of ether oxygens (including phenoxy) is 1. The van der Waals surface area contributed by atoms with Gasteiger partial charge in [0, 0.05) is 26.8 Å². The molecule has 202 valence electrons. The summed E-state index contributed by atoms with van der Waals surface area (Å²) >= 11 is 9.46. The minimum atomic E-state index is -4.09. The zero-order chi connectivity index (χ0) is 27.9. The van der Waals surface area contributed by atoms with Gasteiger partial charge in [-0.15, -0.1) is 0 Å². The third-order valence-electron chi connectivity index (χ3n) is 5.75. The third kappa shape index (κ3) is 6.45. The SMILES string of the molecule is COc1cc(-c2nc3ccc(Br)cn3c2NC(C)(C)CC(C)(C)C)ccc1OS(=O)(=O)c1ccc(Cl)cc1. The Hall–Kier alpha value is -2.75. The number of hydrogen-bond acceptors (Lipinski definition) is 6. The zero-order valence-corrected chi connectivity index (χ0v) is 25.3. The Bertz CT molecular complexity index is 1580. The first-order valence-electron chi connectivity index (χ1n) is 12.0. The zero-order valence-electron chi connectivity index (χ0n) is 22.2. The molecule has 4 rings (SSSR count). The van der Waals surface area contributed by atoms with E-state index >= 15 is 0 Å². The van der Waals surface area contributed by atoms with Crippen molar-refractivity contribution < 1.29 is 17.3 Å². The first-order chi connectivity index (χ1) is 17.7. The van der Waals surface area contributed by atoms with Gasteiger partial charge in [0.15, 0.2) is 11.5 Å². The van der Waals surface area contributed by atoms with Gasteiger partial charge in [0.1, 0.15) is 22.1 Å². The summed E-state index contributed by atoms with van der Waals surface area (Å²) in [5.41, 5.74) is 2.07. The second-order valence-corrected chi connectivity index (χ2v) is 13.9. The number of nitrogens with zero attached hydrogens (tertiary/aromatic N) is 2. The second kappa shape index (κ2) is 10.4. The first-order valence-corrected chi connectivity index (χ1v) is 14.6. The van der Waals surface area contributed by atoms with Crippen LogP contribution >= 0.6 is 27.5 Å². The number of halogens is 2. The highest BCUT2D eigenvalue weighted by Crippen LogP contribution is 2.39. The lowest BCUT2D eigenvalue weighted by molar-refractivity contribution is 0.302. The lowest BCUT2D eigenvalue weighted by Gasteiger charge is -2.34. The number of anilines is 1. The fourth-order valence-electron chi connectivity index (χ4n) is 4.68. The Kier molecular flexibility index (Phi) is 7.76. The van der Waals surface area contributed by atoms with Crippen molar-refractivity contribution in [1.82, 2.24) is 9.38 Å². The summed E-state index contributed by atoms with van der Waals surface area (Å²) in [6.45, 7) is 11.0. The number of nitrogens with one attached hydrogen (secondary N) is 1. The van der Waals surface area contributed by atoms with Gasteiger partial charge in [-0.25, -0.2) is 4.98 Å². The van der Waals surface area contributed by atoms with Gasteiger partial charge in [0.25, 0.3) is 0 Å². The molecule has 10 heteroatoms. The van der Waals surface area contributed by atoms with Crippen LogP contribution in [0.3, 0.4) is 0 Å². The molecule has 0 aliphatic heterocycles. The van der Waals surface area contributed by atoms with Crippen LogP contribution in [0.2, 0.25) is 5.02 Å². The summed E-state index contributed by atoms with van der Waals surface area (Å²) in [4.78, 5) is 4.88. The minimum Gasteiger partial charge on any atom is -0.493 e. The lowest BCUT2D eigenvalue weighted by atomic mass is 9.82. The molecule has 0 unspecified atom stereocenters. The molecule has 0 atom stereocenters. The van der Waals surface area contributed by atoms with Crippen LogP contribution in [0.1, 0.15) is 41.0 Å². The van der Waals surface area contributed by atoms with E-state index < -0.39 is 10.1 Å². The van der Waals surface area contributed by atoms with Crippen LogP contribution in [-0.2, 0) is 10.1 Å². The summed E-state index contributed by atoms with van der Waals surface area (Å²) < 4.78 is 39.6. The number of hydrogen-bond donors (Lipinski definition) is 1. The monoisotopic (exact) mass is 619 g/mol. The van der Waals surface area contributed by atoms with Crippen LogP contribution in [0.25, 0.3) is 16.9 Å². The molecule has 0 radical (unpaired) electrons. The molecule has 2 heterocycles. The van der Waals surface area contributed by atoms with Crippen LogP contribution in [0, 0.1) is 5.41 Å². The number of methoxy groups -OCH3 is 1. The summed E-state index contributed by atoms with van der Waals surface area (Å²) in [5.74, 6) is 1.15. The molecule has 2 aromatic heterocycles. The van der Waals surface area contributed by atoms with Crippen LogP contribution in [0.15, 0.2) is 70.2 Å². The maximum absolute atomic E-state index is 12.9. The highest BCUT2D eigenvalue weighted by atomic mass is 79.9. The van der Waals surface area contributed by atoms with Gasteiger partial charge >= 0.3 is 10.1 Å². The molecule has 4 aromatic rings. The van der Waals surface area contributed by atoms with Crippen molar-refractivity contribution in [3.8, 4) is 22.8 Å². The highest BCUT2D eigenvalue weighted by molar-refractivity contribution is 9.10. The molecular weight excluding hydrogens is 590 g/mol. The van der Waals surface area contributed by atoms with Crippen LogP contribution < -0.4 is 14.2 Å². The van der Waals surface area contributed by atoms with Crippen LogP contribution in [-0.4, -0.2) is 30.5 Å². The molecule has 0 saturated carbocycles. The number of rotatable bonds is 8. The summed E-state index contributed by atoms with van der Waals surface area (Å²) in [5, 5.41) is 4.14. The van der Waals surface area contributed by atoms with E-state index in [0.717, 1.165) is 27.9 Å². The summed E-state index contributed by atoms with van der Waals surface area (Å²) in [6, 6.07) is 14.7. The average molecular weight is 621 g/mol. The molecule has 0 saturated heterocycles. The maximum Gasteiger partial charge on any atom is 0.339 e. The van der Waals surface area contributed by atoms with E-state index in [9.17, 15) is 8.42 Å². The molecule has 0 amide bonds. The number of benzene rings is 2. The van der Waals surface area contributed by atoms with Gasteiger partial charge in [-0.2, -0.15) is 8.42 Å². The Morgan fingerprint density at radius 2 is 1.68 bits per heavy atom. The molecule has 0 spiro atoms. The minimum absolute atomic E-state index is 0.00785. The van der Waals surface area contributed by atoms with E-state index in [4.69, 9.17) is 25.5 Å². The predicted molar refractivity (Wildman–Crippen MR) is 156 cm³/mol. The van der Waals surface area contributed by atoms with Gasteiger partial charge in [0.2, 0.25) is 0 Å². The highest BCUT2D eigenvalue weighted by Gasteiger charge is 2.28. The largest absolute Gasteiger partial charge is 0.493 e. The van der Waals surface area contributed by atoms with Crippen molar-refractivity contribution in [1.29, 1.82) is 0 Å². The molecule has 1 N–H and O–H groups in total. The number of pyridine rings is 1. The molecule has 0 aliphatic carbocycles. The van der Waals surface area contributed by atoms with Gasteiger partial charge in [-0.3, -0.25) is 4.40 Å². The first kappa shape index (κ1) is 28.3. The standard InChI is InChI=1S/C28H31BrClN3O4S/c1-27(2,3)17-28(4,5)32-26-25(31-24-14-8-19(29)16-33(24)26)18-7-13-22(23(15-18)36-6)37-38(34,35)21-11-9-20(30)10-12-21/h7-16,32H,17H2,1-6H3. The van der Waals surface area contributed by atoms with Crippen molar-refractivity contribution in [2.75, 3.05) is 12.4 Å². The van der Waals surface area contributed by atoms with E-state index in [2.05, 4.69) is 55.9 Å². The lowest BCUT2D eigenvalue weighted by Crippen LogP contribution is -2.36. The smallest absolute Gasteiger partial charge is 0.339 e. The second-order valence-electron chi connectivity index (χ2n) is 11.0. The molecule has 0 fully saturated rings. The fourth-order valence-corrected chi connectivity index (χ4v) is 6.08. The summed E-state index contributed by atoms with van der Waals surface area (Å²) in [6.07, 6.45) is 2.88. The van der Waals surface area contributed by atoms with Crippen LogP contribution in [0.4, 0.5) is 5.82 Å². The van der Waals surface area contributed by atoms with Crippen molar-refractivity contribution >= 4 is 49.1 Å². The Morgan fingerprint density at radius 1 is 1.00 bits per heavy atom. The van der Waals surface area contributed by atoms with Crippen molar-refractivity contribution in [3.05, 3.63) is 70.3 Å². The van der Waals surface area contributed by atoms with Gasteiger partial charge in [0.05, 0.1) is 7.11 Å². The van der Waals surface area contributed by atoms with Gasteiger partial charge in [-0.1, -0.05) is 32.4 Å². The summed E-state index contributed by atoms with van der Waals surface area (Å²) in [7, 11) is -2.63. The number of aromatic nitrogens is 2. The quantitative estimate of drug-likeness (QED) is 0.202. The fraction of sp³-hybridized carbons (Fsp3) is 0.321. The van der Waals surface area contributed by atoms with Crippen molar-refractivity contribution in [2.24, 2.45) is 5.41 Å². The molecule has 2 aromatic carbocycles. The average Bonchev–Trinajstić information content (AvgIpc) is 3.14. The van der Waals surface area contributed by atoms with E-state index in [1.54, 1.807) is 18.2 Å². The van der Waals surface area contributed by atoms with Crippen molar-refractivity contribution in [3.63, 3.8) is 0 Å². The van der Waals surface area contributed by atoms with Gasteiger partial charge in [-0.05, 0) is 96.2 Å². The molecule has 0 bridgehead atoms. The number of fused-ring (bicyclic) bond motifs is 1. The van der Waals surface area contributed by atoms with E-state index in [1.807, 2.05) is 22.7 Å². The van der Waals surface area contributed by atoms with Crippen LogP contribution in [0.5, 0.6) is 11.5 Å². The predicted octanol–water partition coefficient (Wildman–Crippen LogP) is 7.82. The Labute approximate surface area is 237 Å². The Balaban J connectivity index is 1.77. The third-order valence-corrected chi connectivity index (χ3v) is 7.72. The van der Waals surface area contributed by atoms with E-state index in [-0.39, 0.29) is 27.3 Å². The topological polar surface area (TPSA) is 81.9 Å². The normalized spacial score (nSPS) is 12.5. The maximum atomic E-state index is 12.9. The van der Waals surface area contributed by atoms with E-state index in [1.165, 1.54) is 31.4 Å². The molecule has 0 aliphatic rings. The molecule has 38 heavy (non-hydrogen) atoms. The molecule has 7 nitrogen and oxygen atoms in total. The van der Waals surface area contributed by atoms with Gasteiger partial charge < -0.3 is 14.2 Å². The van der Waals surface area contributed by atoms with Crippen molar-refractivity contribution in [2.45, 2.75) is 51.5 Å². The van der Waals surface area contributed by atoms with E-state index in [0.29, 0.717) is 10.7 Å². The molecular formula is C28H31BrClN3O4S. The number of imidazole rings is 1.